The molecule has 2 aliphatic heterocycles. The van der Waals surface area contributed by atoms with Crippen molar-refractivity contribution in [3.05, 3.63) is 70.5 Å². The molecule has 39 heavy (non-hydrogen) atoms. The number of amides is 1. The minimum Gasteiger partial charge on any atom is -0.341 e. The molecule has 3 atom stereocenters. The number of likely N-dealkylation sites (tertiary alicyclic amines) is 1. The summed E-state index contributed by atoms with van der Waals surface area (Å²) in [5.41, 5.74) is -3.16. The maximum Gasteiger partial charge on any atom is 0.426 e. The van der Waals surface area contributed by atoms with Gasteiger partial charge in [0, 0.05) is 24.4 Å². The number of carbonyl (C=O) groups is 1. The highest BCUT2D eigenvalue weighted by Gasteiger charge is 2.62. The van der Waals surface area contributed by atoms with Gasteiger partial charge >= 0.3 is 6.18 Å². The molecule has 0 saturated carbocycles. The van der Waals surface area contributed by atoms with Crippen molar-refractivity contribution >= 4 is 15.7 Å². The number of hydrogen-bond donors (Lipinski definition) is 0. The average molecular weight is 570 g/mol. The number of carbonyl (C=O) groups excluding carboxylic acids is 1. The van der Waals surface area contributed by atoms with Crippen LogP contribution in [0.5, 0.6) is 0 Å². The largest absolute Gasteiger partial charge is 0.426 e. The van der Waals surface area contributed by atoms with E-state index >= 15 is 0 Å². The standard InChI is InChI=1S/C29H32F5NO3S/c1-26(2)23-14-20(27(3,31)29(32,33)34)6-9-22(23)28(15-18-4-7-21(30)8-5-18)17-35(16-24(26)28)25(36)19-10-12-39(37,38)13-11-19/h4-9,14,19,24H,10-13,15-17H2,1-3H3. The van der Waals surface area contributed by atoms with E-state index in [1.54, 1.807) is 23.1 Å². The van der Waals surface area contributed by atoms with E-state index in [-0.39, 0.29) is 36.2 Å². The summed E-state index contributed by atoms with van der Waals surface area (Å²) in [6.07, 6.45) is -4.13. The Morgan fingerprint density at radius 3 is 2.21 bits per heavy atom. The summed E-state index contributed by atoms with van der Waals surface area (Å²) in [6, 6.07) is 10.1. The van der Waals surface area contributed by atoms with Gasteiger partial charge in [-0.2, -0.15) is 13.2 Å². The minimum atomic E-state index is -5.08. The molecule has 2 fully saturated rings. The Morgan fingerprint density at radius 2 is 1.62 bits per heavy atom. The van der Waals surface area contributed by atoms with Gasteiger partial charge in [0.05, 0.1) is 11.5 Å². The molecule has 212 valence electrons. The monoisotopic (exact) mass is 569 g/mol. The lowest BCUT2D eigenvalue weighted by atomic mass is 9.67. The van der Waals surface area contributed by atoms with Gasteiger partial charge in [-0.3, -0.25) is 4.79 Å². The van der Waals surface area contributed by atoms with Crippen LogP contribution in [-0.4, -0.2) is 50.0 Å². The highest BCUT2D eigenvalue weighted by atomic mass is 32.2. The number of rotatable bonds is 4. The zero-order valence-corrected chi connectivity index (χ0v) is 22.9. The first-order valence-corrected chi connectivity index (χ1v) is 14.9. The molecule has 0 radical (unpaired) electrons. The van der Waals surface area contributed by atoms with Crippen LogP contribution >= 0.6 is 0 Å². The van der Waals surface area contributed by atoms with E-state index in [9.17, 15) is 35.2 Å². The second-order valence-electron chi connectivity index (χ2n) is 12.1. The highest BCUT2D eigenvalue weighted by molar-refractivity contribution is 7.91. The molecule has 2 heterocycles. The van der Waals surface area contributed by atoms with E-state index in [1.165, 1.54) is 24.3 Å². The Kier molecular flexibility index (Phi) is 6.48. The Bertz CT molecular complexity index is 1390. The van der Waals surface area contributed by atoms with Gasteiger partial charge in [0.2, 0.25) is 11.6 Å². The summed E-state index contributed by atoms with van der Waals surface area (Å²) in [6.45, 7) is 4.98. The van der Waals surface area contributed by atoms with E-state index in [2.05, 4.69) is 0 Å². The quantitative estimate of drug-likeness (QED) is 0.449. The van der Waals surface area contributed by atoms with Gasteiger partial charge in [-0.25, -0.2) is 17.2 Å². The van der Waals surface area contributed by atoms with E-state index in [0.29, 0.717) is 32.0 Å². The Hall–Kier alpha value is -2.49. The number of halogens is 5. The molecule has 4 nitrogen and oxygen atoms in total. The fourth-order valence-corrected chi connectivity index (χ4v) is 8.55. The molecule has 1 amide bonds. The summed E-state index contributed by atoms with van der Waals surface area (Å²) < 4.78 is 93.2. The van der Waals surface area contributed by atoms with Crippen LogP contribution in [-0.2, 0) is 37.6 Å². The SMILES string of the molecule is CC1(C)c2cc(C(C)(F)C(F)(F)F)ccc2C2(Cc3ccc(F)cc3)CN(C(=O)C3CCS(=O)(=O)CC3)CC12. The molecule has 1 aliphatic carbocycles. The van der Waals surface area contributed by atoms with E-state index in [0.717, 1.165) is 11.1 Å². The van der Waals surface area contributed by atoms with Crippen molar-refractivity contribution in [1.82, 2.24) is 4.90 Å². The molecule has 5 rings (SSSR count). The molecule has 3 unspecified atom stereocenters. The number of sulfone groups is 1. The summed E-state index contributed by atoms with van der Waals surface area (Å²) in [5, 5.41) is 0. The highest BCUT2D eigenvalue weighted by Crippen LogP contribution is 2.60. The molecule has 2 aromatic rings. The molecule has 2 aromatic carbocycles. The third-order valence-electron chi connectivity index (χ3n) is 9.39. The molecule has 2 saturated heterocycles. The summed E-state index contributed by atoms with van der Waals surface area (Å²) in [7, 11) is -3.14. The number of hydrogen-bond acceptors (Lipinski definition) is 3. The number of alkyl halides is 4. The van der Waals surface area contributed by atoms with Crippen molar-refractivity contribution in [2.45, 2.75) is 62.7 Å². The van der Waals surface area contributed by atoms with Crippen LogP contribution in [0.2, 0.25) is 0 Å². The Morgan fingerprint density at radius 1 is 1.00 bits per heavy atom. The predicted octanol–water partition coefficient (Wildman–Crippen LogP) is 5.63. The molecule has 0 bridgehead atoms. The van der Waals surface area contributed by atoms with Crippen LogP contribution in [0.3, 0.4) is 0 Å². The normalized spacial score (nSPS) is 27.6. The molecular weight excluding hydrogens is 537 g/mol. The maximum absolute atomic E-state index is 15.0. The van der Waals surface area contributed by atoms with Gasteiger partial charge in [0.15, 0.2) is 0 Å². The van der Waals surface area contributed by atoms with Gasteiger partial charge in [-0.1, -0.05) is 44.2 Å². The van der Waals surface area contributed by atoms with E-state index < -0.39 is 49.8 Å². The first-order chi connectivity index (χ1) is 18.0. The van der Waals surface area contributed by atoms with Crippen LogP contribution in [0.1, 0.15) is 55.9 Å². The van der Waals surface area contributed by atoms with Gasteiger partial charge in [0.1, 0.15) is 15.7 Å². The average Bonchev–Trinajstić information content (AvgIpc) is 3.32. The summed E-state index contributed by atoms with van der Waals surface area (Å²) >= 11 is 0. The summed E-state index contributed by atoms with van der Waals surface area (Å²) in [5.74, 6) is -1.17. The number of nitrogens with zero attached hydrogens (tertiary/aromatic N) is 1. The van der Waals surface area contributed by atoms with E-state index in [1.807, 2.05) is 13.8 Å². The minimum absolute atomic E-state index is 0.0281. The molecule has 0 N–H and O–H groups in total. The summed E-state index contributed by atoms with van der Waals surface area (Å²) in [4.78, 5) is 15.4. The smallest absolute Gasteiger partial charge is 0.341 e. The molecule has 10 heteroatoms. The predicted molar refractivity (Wildman–Crippen MR) is 137 cm³/mol. The molecular formula is C29H32F5NO3S. The van der Waals surface area contributed by atoms with Crippen LogP contribution in [0.25, 0.3) is 0 Å². The van der Waals surface area contributed by atoms with Crippen LogP contribution in [0.15, 0.2) is 42.5 Å². The molecule has 0 aromatic heterocycles. The van der Waals surface area contributed by atoms with E-state index in [4.69, 9.17) is 0 Å². The van der Waals surface area contributed by atoms with Crippen molar-refractivity contribution in [2.24, 2.45) is 11.8 Å². The van der Waals surface area contributed by atoms with Crippen molar-refractivity contribution in [3.63, 3.8) is 0 Å². The van der Waals surface area contributed by atoms with Crippen molar-refractivity contribution in [3.8, 4) is 0 Å². The fourth-order valence-electron chi connectivity index (χ4n) is 7.06. The third-order valence-corrected chi connectivity index (χ3v) is 11.1. The second-order valence-corrected chi connectivity index (χ2v) is 14.4. The van der Waals surface area contributed by atoms with Crippen LogP contribution < -0.4 is 0 Å². The first-order valence-electron chi connectivity index (χ1n) is 13.1. The maximum atomic E-state index is 15.0. The lowest BCUT2D eigenvalue weighted by Crippen LogP contribution is -2.41. The van der Waals surface area contributed by atoms with Gasteiger partial charge in [-0.05, 0) is 71.9 Å². The second kappa shape index (κ2) is 9.01. The fraction of sp³-hybridized carbons (Fsp3) is 0.552. The van der Waals surface area contributed by atoms with Crippen molar-refractivity contribution in [1.29, 1.82) is 0 Å². The first kappa shape index (κ1) is 28.1. The van der Waals surface area contributed by atoms with Gasteiger partial charge in [0.25, 0.3) is 0 Å². The Labute approximate surface area is 225 Å². The molecule has 0 spiro atoms. The van der Waals surface area contributed by atoms with Crippen LogP contribution in [0.4, 0.5) is 22.0 Å². The van der Waals surface area contributed by atoms with Gasteiger partial charge in [-0.15, -0.1) is 0 Å². The zero-order valence-electron chi connectivity index (χ0n) is 22.1. The van der Waals surface area contributed by atoms with Crippen LogP contribution in [0, 0.1) is 17.7 Å². The van der Waals surface area contributed by atoms with Crippen molar-refractivity contribution < 1.29 is 35.2 Å². The molecule has 3 aliphatic rings. The third kappa shape index (κ3) is 4.56. The van der Waals surface area contributed by atoms with Gasteiger partial charge < -0.3 is 4.90 Å². The number of fused-ring (bicyclic) bond motifs is 3. The zero-order chi connectivity index (χ0) is 28.6. The lowest BCUT2D eigenvalue weighted by Gasteiger charge is -2.34. The lowest BCUT2D eigenvalue weighted by molar-refractivity contribution is -0.228. The topological polar surface area (TPSA) is 54.5 Å². The van der Waals surface area contributed by atoms with Crippen molar-refractivity contribution in [2.75, 3.05) is 24.6 Å². The number of benzene rings is 2. The Balaban J connectivity index is 1.57.